The first-order valence-corrected chi connectivity index (χ1v) is 7.26. The summed E-state index contributed by atoms with van der Waals surface area (Å²) >= 11 is 6.11. The molecule has 2 N–H and O–H groups in total. The Morgan fingerprint density at radius 3 is 2.82 bits per heavy atom. The first-order valence-electron chi connectivity index (χ1n) is 6.88. The molecule has 1 aliphatic heterocycles. The van der Waals surface area contributed by atoms with Gasteiger partial charge in [0.1, 0.15) is 5.69 Å². The topological polar surface area (TPSA) is 86.3 Å². The molecule has 1 aliphatic rings. The molecule has 2 aromatic rings. The molecule has 1 atom stereocenters. The van der Waals surface area contributed by atoms with Crippen LogP contribution in [0.25, 0.3) is 11.3 Å². The van der Waals surface area contributed by atoms with Crippen LogP contribution in [0.5, 0.6) is 0 Å². The number of halogens is 1. The minimum Gasteiger partial charge on any atom is -0.481 e. The van der Waals surface area contributed by atoms with Crippen molar-refractivity contribution in [1.82, 2.24) is 15.1 Å². The van der Waals surface area contributed by atoms with Gasteiger partial charge in [-0.1, -0.05) is 29.8 Å². The molecule has 3 rings (SSSR count). The maximum Gasteiger partial charge on any atom is 0.308 e. The molecule has 1 aromatic carbocycles. The van der Waals surface area contributed by atoms with Crippen molar-refractivity contribution in [3.8, 4) is 11.3 Å². The Labute approximate surface area is 131 Å². The molecular weight excluding hydrogens is 306 g/mol. The molecular formula is C15H14ClN3O3. The molecule has 0 bridgehead atoms. The summed E-state index contributed by atoms with van der Waals surface area (Å²) in [5.41, 5.74) is 1.66. The van der Waals surface area contributed by atoms with Gasteiger partial charge in [-0.3, -0.25) is 14.7 Å². The quantitative estimate of drug-likeness (QED) is 0.908. The molecule has 0 spiro atoms. The highest BCUT2D eigenvalue weighted by Gasteiger charge is 2.32. The van der Waals surface area contributed by atoms with Gasteiger partial charge in [-0.2, -0.15) is 5.10 Å². The van der Waals surface area contributed by atoms with E-state index in [1.165, 1.54) is 4.90 Å². The summed E-state index contributed by atoms with van der Waals surface area (Å²) < 4.78 is 0. The van der Waals surface area contributed by atoms with E-state index in [2.05, 4.69) is 10.2 Å². The minimum absolute atomic E-state index is 0.231. The number of hydrogen-bond acceptors (Lipinski definition) is 3. The van der Waals surface area contributed by atoms with Gasteiger partial charge in [-0.05, 0) is 18.6 Å². The summed E-state index contributed by atoms with van der Waals surface area (Å²) in [5, 5.41) is 16.4. The third-order valence-corrected chi connectivity index (χ3v) is 4.11. The van der Waals surface area contributed by atoms with Crippen LogP contribution in [0, 0.1) is 5.92 Å². The van der Waals surface area contributed by atoms with Gasteiger partial charge in [-0.25, -0.2) is 0 Å². The number of hydrogen-bond donors (Lipinski definition) is 2. The van der Waals surface area contributed by atoms with Crippen LogP contribution in [0.2, 0.25) is 5.02 Å². The number of H-pyrrole nitrogens is 1. The van der Waals surface area contributed by atoms with Gasteiger partial charge in [0.25, 0.3) is 5.91 Å². The predicted octanol–water partition coefficient (Wildman–Crippen LogP) is 2.28. The lowest BCUT2D eigenvalue weighted by Crippen LogP contribution is -2.30. The summed E-state index contributed by atoms with van der Waals surface area (Å²) in [4.78, 5) is 24.9. The van der Waals surface area contributed by atoms with Crippen LogP contribution in [0.1, 0.15) is 16.9 Å². The molecule has 0 radical (unpaired) electrons. The Balaban J connectivity index is 1.78. The van der Waals surface area contributed by atoms with E-state index in [-0.39, 0.29) is 12.5 Å². The Hall–Kier alpha value is -2.34. The van der Waals surface area contributed by atoms with E-state index < -0.39 is 11.9 Å². The normalized spacial score (nSPS) is 17.7. The van der Waals surface area contributed by atoms with Gasteiger partial charge in [0, 0.05) is 18.7 Å². The molecule has 114 valence electrons. The number of amides is 1. The van der Waals surface area contributed by atoms with E-state index in [0.29, 0.717) is 29.4 Å². The fraction of sp³-hybridized carbons (Fsp3) is 0.267. The first kappa shape index (κ1) is 14.6. The van der Waals surface area contributed by atoms with E-state index in [9.17, 15) is 9.59 Å². The molecule has 1 amide bonds. The predicted molar refractivity (Wildman–Crippen MR) is 80.7 cm³/mol. The van der Waals surface area contributed by atoms with Crippen molar-refractivity contribution in [2.75, 3.05) is 13.1 Å². The zero-order valence-electron chi connectivity index (χ0n) is 11.6. The second-order valence-electron chi connectivity index (χ2n) is 5.22. The molecule has 1 aromatic heterocycles. The van der Waals surface area contributed by atoms with Gasteiger partial charge in [-0.15, -0.1) is 0 Å². The van der Waals surface area contributed by atoms with E-state index in [0.717, 1.165) is 5.56 Å². The fourth-order valence-corrected chi connectivity index (χ4v) is 2.79. The maximum atomic E-state index is 12.4. The van der Waals surface area contributed by atoms with Crippen molar-refractivity contribution in [2.45, 2.75) is 6.42 Å². The second kappa shape index (κ2) is 5.81. The highest BCUT2D eigenvalue weighted by molar-refractivity contribution is 6.33. The number of rotatable bonds is 3. The smallest absolute Gasteiger partial charge is 0.308 e. The average molecular weight is 320 g/mol. The lowest BCUT2D eigenvalue weighted by atomic mass is 10.1. The van der Waals surface area contributed by atoms with Crippen LogP contribution >= 0.6 is 11.6 Å². The van der Waals surface area contributed by atoms with E-state index in [1.54, 1.807) is 12.1 Å². The summed E-state index contributed by atoms with van der Waals surface area (Å²) in [7, 11) is 0. The highest BCUT2D eigenvalue weighted by atomic mass is 35.5. The zero-order valence-corrected chi connectivity index (χ0v) is 12.4. The Kier molecular flexibility index (Phi) is 3.85. The summed E-state index contributed by atoms with van der Waals surface area (Å²) in [6, 6.07) is 8.88. The molecule has 7 heteroatoms. The lowest BCUT2D eigenvalue weighted by Gasteiger charge is -2.14. The largest absolute Gasteiger partial charge is 0.481 e. The van der Waals surface area contributed by atoms with Crippen LogP contribution in [0.4, 0.5) is 0 Å². The maximum absolute atomic E-state index is 12.4. The number of benzene rings is 1. The highest BCUT2D eigenvalue weighted by Crippen LogP contribution is 2.27. The summed E-state index contributed by atoms with van der Waals surface area (Å²) in [5.74, 6) is -1.60. The SMILES string of the molecule is O=C(O)C1CCN(C(=O)c2cc(-c3ccccc3Cl)n[nH]2)C1. The number of carboxylic acid groups (broad SMARTS) is 1. The number of carboxylic acids is 1. The molecule has 22 heavy (non-hydrogen) atoms. The van der Waals surface area contributed by atoms with Crippen molar-refractivity contribution >= 4 is 23.5 Å². The van der Waals surface area contributed by atoms with Gasteiger partial charge < -0.3 is 10.0 Å². The number of aromatic nitrogens is 2. The van der Waals surface area contributed by atoms with Crippen LogP contribution in [0.3, 0.4) is 0 Å². The molecule has 1 unspecified atom stereocenters. The minimum atomic E-state index is -0.864. The van der Waals surface area contributed by atoms with Crippen LogP contribution in [0.15, 0.2) is 30.3 Å². The first-order chi connectivity index (χ1) is 10.6. The summed E-state index contributed by atoms with van der Waals surface area (Å²) in [6.45, 7) is 0.671. The molecule has 1 saturated heterocycles. The van der Waals surface area contributed by atoms with Crippen molar-refractivity contribution in [1.29, 1.82) is 0 Å². The number of likely N-dealkylation sites (tertiary alicyclic amines) is 1. The Morgan fingerprint density at radius 1 is 1.36 bits per heavy atom. The van der Waals surface area contributed by atoms with Crippen molar-refractivity contribution in [2.24, 2.45) is 5.92 Å². The van der Waals surface area contributed by atoms with Gasteiger partial charge in [0.2, 0.25) is 0 Å². The van der Waals surface area contributed by atoms with Crippen molar-refractivity contribution < 1.29 is 14.7 Å². The number of aromatic amines is 1. The number of aliphatic carboxylic acids is 1. The standard InChI is InChI=1S/C15H14ClN3O3/c16-11-4-2-1-3-10(11)12-7-13(18-17-12)14(20)19-6-5-9(8-19)15(21)22/h1-4,7,9H,5-6,8H2,(H,17,18)(H,21,22). The number of nitrogens with one attached hydrogen (secondary N) is 1. The van der Waals surface area contributed by atoms with Crippen molar-refractivity contribution in [3.63, 3.8) is 0 Å². The van der Waals surface area contributed by atoms with Gasteiger partial charge >= 0.3 is 5.97 Å². The van der Waals surface area contributed by atoms with Gasteiger partial charge in [0.15, 0.2) is 0 Å². The van der Waals surface area contributed by atoms with Gasteiger partial charge in [0.05, 0.1) is 16.6 Å². The lowest BCUT2D eigenvalue weighted by molar-refractivity contribution is -0.141. The fourth-order valence-electron chi connectivity index (χ4n) is 2.55. The molecule has 2 heterocycles. The molecule has 0 aliphatic carbocycles. The van der Waals surface area contributed by atoms with E-state index in [1.807, 2.05) is 18.2 Å². The number of nitrogens with zero attached hydrogens (tertiary/aromatic N) is 2. The van der Waals surface area contributed by atoms with E-state index >= 15 is 0 Å². The Morgan fingerprint density at radius 2 is 2.14 bits per heavy atom. The van der Waals surface area contributed by atoms with Crippen molar-refractivity contribution in [3.05, 3.63) is 41.0 Å². The third-order valence-electron chi connectivity index (χ3n) is 3.78. The van der Waals surface area contributed by atoms with Crippen LogP contribution in [-0.4, -0.2) is 45.2 Å². The molecule has 1 fully saturated rings. The second-order valence-corrected chi connectivity index (χ2v) is 5.63. The van der Waals surface area contributed by atoms with E-state index in [4.69, 9.17) is 16.7 Å². The molecule has 6 nitrogen and oxygen atoms in total. The summed E-state index contributed by atoms with van der Waals surface area (Å²) in [6.07, 6.45) is 0.479. The van der Waals surface area contributed by atoms with Crippen LogP contribution in [-0.2, 0) is 4.79 Å². The Bertz CT molecular complexity index is 728. The average Bonchev–Trinajstić information content (AvgIpc) is 3.17. The zero-order chi connectivity index (χ0) is 15.7. The number of carbonyl (C=O) groups excluding carboxylic acids is 1. The molecule has 0 saturated carbocycles. The number of carbonyl (C=O) groups is 2. The monoisotopic (exact) mass is 319 g/mol. The van der Waals surface area contributed by atoms with Crippen LogP contribution < -0.4 is 0 Å². The third kappa shape index (κ3) is 2.69.